The normalized spacial score (nSPS) is 34.1. The fraction of sp³-hybridized carbons (Fsp3) is 0.647. The third-order valence-corrected chi connectivity index (χ3v) is 7.55. The van der Waals surface area contributed by atoms with Gasteiger partial charge in [-0.1, -0.05) is 20.8 Å². The van der Waals surface area contributed by atoms with Crippen molar-refractivity contribution in [2.75, 3.05) is 11.6 Å². The molecule has 1 aromatic carbocycles. The van der Waals surface area contributed by atoms with Gasteiger partial charge in [0.15, 0.2) is 9.84 Å². The molecule has 2 bridgehead atoms. The third-order valence-electron chi connectivity index (χ3n) is 6.42. The molecule has 2 fully saturated rings. The summed E-state index contributed by atoms with van der Waals surface area (Å²) in [6, 6.07) is 7.64. The average molecular weight is 307 g/mol. The molecule has 2 aliphatic rings. The van der Waals surface area contributed by atoms with Gasteiger partial charge in [0.25, 0.3) is 0 Å². The van der Waals surface area contributed by atoms with Crippen LogP contribution in [0.4, 0.5) is 5.69 Å². The summed E-state index contributed by atoms with van der Waals surface area (Å²) >= 11 is 0. The van der Waals surface area contributed by atoms with Gasteiger partial charge < -0.3 is 5.32 Å². The molecule has 1 N–H and O–H groups in total. The zero-order valence-electron chi connectivity index (χ0n) is 13.3. The largest absolute Gasteiger partial charge is 0.382 e. The Morgan fingerprint density at radius 2 is 1.76 bits per heavy atom. The molecule has 21 heavy (non-hydrogen) atoms. The van der Waals surface area contributed by atoms with E-state index in [2.05, 4.69) is 26.1 Å². The maximum atomic E-state index is 11.5. The van der Waals surface area contributed by atoms with Crippen LogP contribution in [-0.4, -0.2) is 20.7 Å². The van der Waals surface area contributed by atoms with E-state index in [4.69, 9.17) is 0 Å². The van der Waals surface area contributed by atoms with Gasteiger partial charge in [0.1, 0.15) is 0 Å². The Morgan fingerprint density at radius 1 is 1.14 bits per heavy atom. The van der Waals surface area contributed by atoms with Crippen LogP contribution in [0.1, 0.15) is 40.0 Å². The standard InChI is InChI=1S/C17H25NO2S/c1-16(2)12-9-10-17(16,3)15(11-12)18-13-5-7-14(8-6-13)21(4,19)20/h5-8,12,15,18H,9-11H2,1-4H3. The average Bonchev–Trinajstić information content (AvgIpc) is 2.71. The zero-order valence-corrected chi connectivity index (χ0v) is 14.1. The molecule has 0 aromatic heterocycles. The lowest BCUT2D eigenvalue weighted by Gasteiger charge is -2.40. The molecule has 0 aliphatic heterocycles. The van der Waals surface area contributed by atoms with Crippen LogP contribution in [0.25, 0.3) is 0 Å². The van der Waals surface area contributed by atoms with Gasteiger partial charge in [-0.15, -0.1) is 0 Å². The van der Waals surface area contributed by atoms with Gasteiger partial charge in [0.2, 0.25) is 0 Å². The monoisotopic (exact) mass is 307 g/mol. The Labute approximate surface area is 128 Å². The molecule has 116 valence electrons. The topological polar surface area (TPSA) is 46.2 Å². The van der Waals surface area contributed by atoms with E-state index >= 15 is 0 Å². The van der Waals surface area contributed by atoms with Crippen molar-refractivity contribution in [3.05, 3.63) is 24.3 Å². The van der Waals surface area contributed by atoms with Crippen molar-refractivity contribution < 1.29 is 8.42 Å². The Morgan fingerprint density at radius 3 is 2.19 bits per heavy atom. The number of hydrogen-bond donors (Lipinski definition) is 1. The molecule has 4 heteroatoms. The highest BCUT2D eigenvalue weighted by Crippen LogP contribution is 2.65. The van der Waals surface area contributed by atoms with Crippen molar-refractivity contribution in [3.8, 4) is 0 Å². The van der Waals surface area contributed by atoms with Gasteiger partial charge >= 0.3 is 0 Å². The van der Waals surface area contributed by atoms with Crippen molar-refractivity contribution in [3.63, 3.8) is 0 Å². The molecular weight excluding hydrogens is 282 g/mol. The van der Waals surface area contributed by atoms with Crippen molar-refractivity contribution >= 4 is 15.5 Å². The fourth-order valence-corrected chi connectivity index (χ4v) is 5.05. The van der Waals surface area contributed by atoms with Gasteiger partial charge in [-0.3, -0.25) is 0 Å². The maximum Gasteiger partial charge on any atom is 0.175 e. The highest BCUT2D eigenvalue weighted by atomic mass is 32.2. The molecule has 2 saturated carbocycles. The van der Waals surface area contributed by atoms with Gasteiger partial charge in [0.05, 0.1) is 4.90 Å². The number of fused-ring (bicyclic) bond motifs is 2. The van der Waals surface area contributed by atoms with Gasteiger partial charge in [0, 0.05) is 18.0 Å². The molecule has 0 spiro atoms. The molecule has 0 amide bonds. The summed E-state index contributed by atoms with van der Waals surface area (Å²) in [6.07, 6.45) is 5.09. The number of sulfone groups is 1. The maximum absolute atomic E-state index is 11.5. The second kappa shape index (κ2) is 4.48. The van der Waals surface area contributed by atoms with Crippen molar-refractivity contribution in [1.29, 1.82) is 0 Å². The molecule has 3 atom stereocenters. The van der Waals surface area contributed by atoms with Crippen molar-refractivity contribution in [1.82, 2.24) is 0 Å². The molecular formula is C17H25NO2S. The Kier molecular flexibility index (Phi) is 3.18. The minimum Gasteiger partial charge on any atom is -0.382 e. The molecule has 0 saturated heterocycles. The summed E-state index contributed by atoms with van der Waals surface area (Å²) < 4.78 is 23.0. The molecule has 3 unspecified atom stereocenters. The highest BCUT2D eigenvalue weighted by molar-refractivity contribution is 7.90. The van der Waals surface area contributed by atoms with E-state index in [1.54, 1.807) is 12.1 Å². The first-order chi connectivity index (χ1) is 9.64. The lowest BCUT2D eigenvalue weighted by Crippen LogP contribution is -2.40. The number of anilines is 1. The molecule has 2 aliphatic carbocycles. The fourth-order valence-electron chi connectivity index (χ4n) is 4.42. The number of benzene rings is 1. The van der Waals surface area contributed by atoms with E-state index in [0.29, 0.717) is 21.8 Å². The highest BCUT2D eigenvalue weighted by Gasteiger charge is 2.61. The zero-order chi connectivity index (χ0) is 15.5. The number of hydrogen-bond acceptors (Lipinski definition) is 3. The van der Waals surface area contributed by atoms with Gasteiger partial charge in [-0.25, -0.2) is 8.42 Å². The number of nitrogens with one attached hydrogen (secondary N) is 1. The van der Waals surface area contributed by atoms with E-state index in [0.717, 1.165) is 11.6 Å². The molecule has 0 radical (unpaired) electrons. The molecule has 0 heterocycles. The van der Waals surface area contributed by atoms with E-state index in [1.807, 2.05) is 12.1 Å². The van der Waals surface area contributed by atoms with Crippen LogP contribution in [0.15, 0.2) is 29.2 Å². The first-order valence-electron chi connectivity index (χ1n) is 7.71. The predicted octanol–water partition coefficient (Wildman–Crippen LogP) is 3.72. The van der Waals surface area contributed by atoms with Gasteiger partial charge in [-0.05, 0) is 60.3 Å². The second-order valence-electron chi connectivity index (χ2n) is 7.60. The first kappa shape index (κ1) is 14.9. The summed E-state index contributed by atoms with van der Waals surface area (Å²) in [5.74, 6) is 0.801. The minimum absolute atomic E-state index is 0.327. The van der Waals surface area contributed by atoms with Crippen LogP contribution < -0.4 is 5.32 Å². The first-order valence-corrected chi connectivity index (χ1v) is 9.60. The van der Waals surface area contributed by atoms with Crippen LogP contribution in [-0.2, 0) is 9.84 Å². The molecule has 3 nitrogen and oxygen atoms in total. The van der Waals surface area contributed by atoms with Crippen LogP contribution in [0.2, 0.25) is 0 Å². The predicted molar refractivity (Wildman–Crippen MR) is 86.2 cm³/mol. The molecule has 1 aromatic rings. The van der Waals surface area contributed by atoms with Crippen LogP contribution in [0.3, 0.4) is 0 Å². The Hall–Kier alpha value is -1.03. The number of rotatable bonds is 3. The summed E-state index contributed by atoms with van der Waals surface area (Å²) in [5.41, 5.74) is 1.74. The lowest BCUT2D eigenvalue weighted by atomic mass is 9.69. The second-order valence-corrected chi connectivity index (χ2v) is 9.62. The molecule has 3 rings (SSSR count). The Balaban J connectivity index is 1.80. The Bertz CT molecular complexity index is 648. The van der Waals surface area contributed by atoms with Crippen LogP contribution in [0, 0.1) is 16.7 Å². The minimum atomic E-state index is -3.11. The third kappa shape index (κ3) is 2.19. The smallest absolute Gasteiger partial charge is 0.175 e. The van der Waals surface area contributed by atoms with E-state index in [-0.39, 0.29) is 0 Å². The summed E-state index contributed by atoms with van der Waals surface area (Å²) in [7, 11) is -3.11. The lowest BCUT2D eigenvalue weighted by molar-refractivity contribution is 0.142. The SMILES string of the molecule is CC1(C)C2CCC1(C)C(Nc1ccc(S(C)(=O)=O)cc1)C2. The summed E-state index contributed by atoms with van der Waals surface area (Å²) in [5, 5.41) is 3.65. The van der Waals surface area contributed by atoms with Crippen LogP contribution >= 0.6 is 0 Å². The van der Waals surface area contributed by atoms with E-state index in [1.165, 1.54) is 25.5 Å². The summed E-state index contributed by atoms with van der Waals surface area (Å²) in [4.78, 5) is 0.382. The van der Waals surface area contributed by atoms with E-state index < -0.39 is 9.84 Å². The summed E-state index contributed by atoms with van der Waals surface area (Å²) in [6.45, 7) is 7.21. The van der Waals surface area contributed by atoms with E-state index in [9.17, 15) is 8.42 Å². The van der Waals surface area contributed by atoms with Crippen LogP contribution in [0.5, 0.6) is 0 Å². The quantitative estimate of drug-likeness (QED) is 0.926. The van der Waals surface area contributed by atoms with Crippen molar-refractivity contribution in [2.24, 2.45) is 16.7 Å². The van der Waals surface area contributed by atoms with Crippen molar-refractivity contribution in [2.45, 2.75) is 51.0 Å². The van der Waals surface area contributed by atoms with Gasteiger partial charge in [-0.2, -0.15) is 0 Å².